The van der Waals surface area contributed by atoms with Crippen LogP contribution in [0.5, 0.6) is 0 Å². The van der Waals surface area contributed by atoms with Gasteiger partial charge in [0.25, 0.3) is 0 Å². The first-order valence-electron chi connectivity index (χ1n) is 2.06. The van der Waals surface area contributed by atoms with Gasteiger partial charge in [0, 0.05) is 0 Å². The molecule has 0 saturated carbocycles. The van der Waals surface area contributed by atoms with Crippen LogP contribution in [0.15, 0.2) is 5.10 Å². The fourth-order valence-electron chi connectivity index (χ4n) is 0.359. The Bertz CT molecular complexity index is 131. The quantitative estimate of drug-likeness (QED) is 0.317. The molecular formula is C3H6N4O. The average molecular weight is 114 g/mol. The highest BCUT2D eigenvalue weighted by molar-refractivity contribution is 5.75. The Morgan fingerprint density at radius 1 is 2.00 bits per heavy atom. The van der Waals surface area contributed by atoms with Crippen molar-refractivity contribution in [2.45, 2.75) is 0 Å². The Morgan fingerprint density at radius 2 is 2.75 bits per heavy atom. The average Bonchev–Trinajstić information content (AvgIpc) is 2.12. The molecule has 0 atom stereocenters. The lowest BCUT2D eigenvalue weighted by Gasteiger charge is -2.05. The van der Waals surface area contributed by atoms with Gasteiger partial charge in [-0.15, -0.1) is 5.10 Å². The molecule has 1 heterocycles. The highest BCUT2D eigenvalue weighted by atomic mass is 16.5. The van der Waals surface area contributed by atoms with Crippen LogP contribution in [0.2, 0.25) is 0 Å². The molecule has 0 saturated heterocycles. The molecule has 0 spiro atoms. The molecule has 5 heteroatoms. The summed E-state index contributed by atoms with van der Waals surface area (Å²) in [6.07, 6.45) is 1.25. The summed E-state index contributed by atoms with van der Waals surface area (Å²) in [5, 5.41) is 11.6. The molecule has 0 bridgehead atoms. The van der Waals surface area contributed by atoms with E-state index in [1.165, 1.54) is 11.4 Å². The lowest BCUT2D eigenvalue weighted by atomic mass is 10.9. The first-order chi connectivity index (χ1) is 3.80. The van der Waals surface area contributed by atoms with Gasteiger partial charge in [0.05, 0.1) is 0 Å². The molecule has 0 fully saturated rings. The lowest BCUT2D eigenvalue weighted by Crippen LogP contribution is -2.30. The second-order valence-electron chi connectivity index (χ2n) is 1.30. The van der Waals surface area contributed by atoms with Crippen molar-refractivity contribution >= 4 is 12.4 Å². The lowest BCUT2D eigenvalue weighted by molar-refractivity contribution is 0.240. The van der Waals surface area contributed by atoms with Crippen LogP contribution >= 0.6 is 0 Å². The summed E-state index contributed by atoms with van der Waals surface area (Å²) < 4.78 is 4.63. The maximum atomic E-state index is 6.80. The van der Waals surface area contributed by atoms with Crippen molar-refractivity contribution in [3.63, 3.8) is 0 Å². The van der Waals surface area contributed by atoms with E-state index >= 15 is 0 Å². The number of hydrogen-bond acceptors (Lipinski definition) is 3. The van der Waals surface area contributed by atoms with Crippen LogP contribution in [-0.2, 0) is 4.74 Å². The maximum absolute atomic E-state index is 6.80. The second kappa shape index (κ2) is 1.69. The number of hydrazone groups is 1. The third-order valence-electron chi connectivity index (χ3n) is 0.736. The third kappa shape index (κ3) is 0.699. The summed E-state index contributed by atoms with van der Waals surface area (Å²) in [4.78, 5) is 0. The van der Waals surface area contributed by atoms with Gasteiger partial charge in [0.15, 0.2) is 13.1 Å². The van der Waals surface area contributed by atoms with Gasteiger partial charge in [-0.25, -0.2) is 0 Å². The van der Waals surface area contributed by atoms with Gasteiger partial charge in [0.2, 0.25) is 5.96 Å². The molecule has 0 unspecified atom stereocenters. The van der Waals surface area contributed by atoms with Crippen LogP contribution in [-0.4, -0.2) is 24.1 Å². The van der Waals surface area contributed by atoms with Crippen molar-refractivity contribution < 1.29 is 4.74 Å². The van der Waals surface area contributed by atoms with Gasteiger partial charge in [-0.2, -0.15) is 5.01 Å². The first-order valence-corrected chi connectivity index (χ1v) is 2.06. The van der Waals surface area contributed by atoms with E-state index in [2.05, 4.69) is 9.84 Å². The molecule has 5 nitrogen and oxygen atoms in total. The normalized spacial score (nSPS) is 16.2. The van der Waals surface area contributed by atoms with Crippen molar-refractivity contribution in [3.8, 4) is 0 Å². The molecule has 3 N–H and O–H groups in total. The molecule has 0 aromatic rings. The minimum absolute atomic E-state index is 0.0984. The van der Waals surface area contributed by atoms with Crippen LogP contribution in [0.3, 0.4) is 0 Å². The first kappa shape index (κ1) is 4.89. The van der Waals surface area contributed by atoms with E-state index in [9.17, 15) is 0 Å². The fourth-order valence-corrected chi connectivity index (χ4v) is 0.359. The molecule has 44 valence electrons. The molecule has 1 aliphatic heterocycles. The number of guanidine groups is 1. The Kier molecular flexibility index (Phi) is 1.03. The number of nitrogens with zero attached hydrogens (tertiary/aromatic N) is 2. The van der Waals surface area contributed by atoms with Crippen LogP contribution in [0.1, 0.15) is 0 Å². The van der Waals surface area contributed by atoms with Gasteiger partial charge in [-0.05, 0) is 0 Å². The van der Waals surface area contributed by atoms with Gasteiger partial charge < -0.3 is 10.5 Å². The summed E-state index contributed by atoms with van der Waals surface area (Å²) in [7, 11) is 0. The Balaban J connectivity index is 2.48. The fraction of sp³-hybridized carbons (Fsp3) is 0.333. The molecule has 0 aromatic heterocycles. The van der Waals surface area contributed by atoms with Gasteiger partial charge in [-0.1, -0.05) is 0 Å². The van der Waals surface area contributed by atoms with E-state index in [4.69, 9.17) is 11.1 Å². The summed E-state index contributed by atoms with van der Waals surface area (Å²) in [5.41, 5.74) is 5.01. The smallest absolute Gasteiger partial charge is 0.212 e. The van der Waals surface area contributed by atoms with Crippen LogP contribution in [0, 0.1) is 5.41 Å². The van der Waals surface area contributed by atoms with Gasteiger partial charge in [-0.3, -0.25) is 5.41 Å². The van der Waals surface area contributed by atoms with E-state index < -0.39 is 0 Å². The zero-order chi connectivity index (χ0) is 5.98. The number of ether oxygens (including phenoxy) is 1. The monoisotopic (exact) mass is 114 g/mol. The number of rotatable bonds is 0. The zero-order valence-corrected chi connectivity index (χ0v) is 4.16. The van der Waals surface area contributed by atoms with Crippen molar-refractivity contribution in [2.75, 3.05) is 6.73 Å². The van der Waals surface area contributed by atoms with Gasteiger partial charge >= 0.3 is 0 Å². The summed E-state index contributed by atoms with van der Waals surface area (Å²) in [6.45, 7) is 0.259. The zero-order valence-electron chi connectivity index (χ0n) is 4.16. The topological polar surface area (TPSA) is 74.7 Å². The predicted octanol–water partition coefficient (Wildman–Crippen LogP) is -0.887. The van der Waals surface area contributed by atoms with E-state index in [1.54, 1.807) is 0 Å². The van der Waals surface area contributed by atoms with E-state index in [-0.39, 0.29) is 12.7 Å². The molecule has 1 rings (SSSR count). The summed E-state index contributed by atoms with van der Waals surface area (Å²) >= 11 is 0. The van der Waals surface area contributed by atoms with Crippen molar-refractivity contribution in [2.24, 2.45) is 10.8 Å². The number of nitrogens with one attached hydrogen (secondary N) is 1. The number of nitrogens with two attached hydrogens (primary N) is 1. The molecule has 8 heavy (non-hydrogen) atoms. The highest BCUT2D eigenvalue weighted by Gasteiger charge is 2.07. The molecule has 0 aromatic carbocycles. The van der Waals surface area contributed by atoms with Gasteiger partial charge in [0.1, 0.15) is 0 Å². The minimum atomic E-state index is -0.0984. The molecule has 0 radical (unpaired) electrons. The van der Waals surface area contributed by atoms with Crippen LogP contribution in [0.4, 0.5) is 0 Å². The van der Waals surface area contributed by atoms with Crippen molar-refractivity contribution in [1.82, 2.24) is 5.01 Å². The largest absolute Gasteiger partial charge is 0.459 e. The van der Waals surface area contributed by atoms with Crippen LogP contribution in [0.25, 0.3) is 0 Å². The standard InChI is InChI=1S/C3H6N4O/c4-3(5)7-2-8-1-6-7/h1H,2H2,(H3,4,5). The summed E-state index contributed by atoms with van der Waals surface area (Å²) in [5.74, 6) is -0.0984. The molecule has 1 aliphatic rings. The third-order valence-corrected chi connectivity index (χ3v) is 0.736. The Labute approximate surface area is 46.2 Å². The SMILES string of the molecule is N=C(N)N1COC=N1. The van der Waals surface area contributed by atoms with Crippen molar-refractivity contribution in [3.05, 3.63) is 0 Å². The molecule has 0 aliphatic carbocycles. The second-order valence-corrected chi connectivity index (χ2v) is 1.30. The molecular weight excluding hydrogens is 108 g/mol. The van der Waals surface area contributed by atoms with E-state index in [0.717, 1.165) is 0 Å². The Morgan fingerprint density at radius 3 is 3.00 bits per heavy atom. The van der Waals surface area contributed by atoms with E-state index in [0.29, 0.717) is 0 Å². The van der Waals surface area contributed by atoms with Crippen LogP contribution < -0.4 is 5.73 Å². The maximum Gasteiger partial charge on any atom is 0.212 e. The van der Waals surface area contributed by atoms with Crippen molar-refractivity contribution in [1.29, 1.82) is 5.41 Å². The Hall–Kier alpha value is -1.26. The number of hydrogen-bond donors (Lipinski definition) is 2. The minimum Gasteiger partial charge on any atom is -0.459 e. The molecule has 0 amide bonds. The summed E-state index contributed by atoms with van der Waals surface area (Å²) in [6, 6.07) is 0. The highest BCUT2D eigenvalue weighted by Crippen LogP contribution is 1.92. The van der Waals surface area contributed by atoms with E-state index in [1.807, 2.05) is 0 Å². The predicted molar refractivity (Wildman–Crippen MR) is 28.2 cm³/mol.